The standard InChI is InChI=1S/C9H15ClN4/c1-7-6-12-9(10)13-8(7)11-4-5-14(2)3/h6H,4-5H2,1-3H3,(H,11,12,13). The number of aromatic nitrogens is 2. The van der Waals surface area contributed by atoms with Crippen LogP contribution in [0.1, 0.15) is 5.56 Å². The van der Waals surface area contributed by atoms with E-state index in [-0.39, 0.29) is 5.28 Å². The monoisotopic (exact) mass is 214 g/mol. The molecule has 0 radical (unpaired) electrons. The van der Waals surface area contributed by atoms with E-state index < -0.39 is 0 Å². The van der Waals surface area contributed by atoms with Gasteiger partial charge in [-0.05, 0) is 32.6 Å². The van der Waals surface area contributed by atoms with Gasteiger partial charge in [-0.2, -0.15) is 0 Å². The molecule has 0 fully saturated rings. The van der Waals surface area contributed by atoms with Crippen LogP contribution in [0.25, 0.3) is 0 Å². The van der Waals surface area contributed by atoms with Gasteiger partial charge in [0.15, 0.2) is 0 Å². The third-order valence-corrected chi connectivity index (χ3v) is 1.98. The normalized spacial score (nSPS) is 10.6. The SMILES string of the molecule is Cc1cnc(Cl)nc1NCCN(C)C. The third kappa shape index (κ3) is 3.47. The molecule has 0 atom stereocenters. The molecule has 0 aromatic carbocycles. The van der Waals surface area contributed by atoms with Gasteiger partial charge in [0.05, 0.1) is 0 Å². The Morgan fingerprint density at radius 2 is 2.21 bits per heavy atom. The maximum absolute atomic E-state index is 5.69. The van der Waals surface area contributed by atoms with Gasteiger partial charge >= 0.3 is 0 Å². The molecule has 0 saturated carbocycles. The highest BCUT2D eigenvalue weighted by Crippen LogP contribution is 2.11. The molecule has 0 aliphatic rings. The smallest absolute Gasteiger partial charge is 0.224 e. The molecule has 78 valence electrons. The number of nitrogens with one attached hydrogen (secondary N) is 1. The lowest BCUT2D eigenvalue weighted by molar-refractivity contribution is 0.425. The molecule has 4 nitrogen and oxygen atoms in total. The van der Waals surface area contributed by atoms with Gasteiger partial charge in [-0.1, -0.05) is 0 Å². The Hall–Kier alpha value is -0.870. The minimum atomic E-state index is 0.281. The Balaban J connectivity index is 2.53. The van der Waals surface area contributed by atoms with Crippen molar-refractivity contribution in [3.05, 3.63) is 17.0 Å². The van der Waals surface area contributed by atoms with Crippen molar-refractivity contribution in [2.45, 2.75) is 6.92 Å². The van der Waals surface area contributed by atoms with E-state index in [0.717, 1.165) is 24.5 Å². The molecule has 0 spiro atoms. The van der Waals surface area contributed by atoms with Crippen LogP contribution in [0.3, 0.4) is 0 Å². The molecule has 1 aromatic rings. The van der Waals surface area contributed by atoms with Gasteiger partial charge in [0, 0.05) is 24.8 Å². The Kier molecular flexibility index (Phi) is 4.10. The van der Waals surface area contributed by atoms with Crippen LogP contribution in [-0.4, -0.2) is 42.1 Å². The van der Waals surface area contributed by atoms with Crippen LogP contribution < -0.4 is 5.32 Å². The van der Waals surface area contributed by atoms with Crippen molar-refractivity contribution in [2.24, 2.45) is 0 Å². The molecular formula is C9H15ClN4. The van der Waals surface area contributed by atoms with E-state index in [2.05, 4.69) is 20.2 Å². The summed E-state index contributed by atoms with van der Waals surface area (Å²) in [7, 11) is 4.06. The van der Waals surface area contributed by atoms with Crippen LogP contribution in [0.2, 0.25) is 5.28 Å². The summed E-state index contributed by atoms with van der Waals surface area (Å²) in [5, 5.41) is 3.49. The fourth-order valence-corrected chi connectivity index (χ4v) is 1.13. The van der Waals surface area contributed by atoms with Crippen molar-refractivity contribution in [1.29, 1.82) is 0 Å². The molecule has 0 amide bonds. The van der Waals surface area contributed by atoms with Crippen molar-refractivity contribution in [2.75, 3.05) is 32.5 Å². The quantitative estimate of drug-likeness (QED) is 0.770. The summed E-state index contributed by atoms with van der Waals surface area (Å²) < 4.78 is 0. The Morgan fingerprint density at radius 3 is 2.86 bits per heavy atom. The zero-order valence-electron chi connectivity index (χ0n) is 8.71. The largest absolute Gasteiger partial charge is 0.368 e. The van der Waals surface area contributed by atoms with Crippen molar-refractivity contribution in [3.63, 3.8) is 0 Å². The molecule has 5 heteroatoms. The minimum Gasteiger partial charge on any atom is -0.368 e. The van der Waals surface area contributed by atoms with Gasteiger partial charge in [-0.3, -0.25) is 0 Å². The second-order valence-corrected chi connectivity index (χ2v) is 3.74. The summed E-state index contributed by atoms with van der Waals surface area (Å²) in [6.07, 6.45) is 1.72. The van der Waals surface area contributed by atoms with Crippen LogP contribution in [0.4, 0.5) is 5.82 Å². The fourth-order valence-electron chi connectivity index (χ4n) is 0.997. The lowest BCUT2D eigenvalue weighted by atomic mass is 10.3. The lowest BCUT2D eigenvalue weighted by Gasteiger charge is -2.11. The second-order valence-electron chi connectivity index (χ2n) is 3.40. The minimum absolute atomic E-state index is 0.281. The number of halogens is 1. The molecule has 0 aliphatic carbocycles. The highest BCUT2D eigenvalue weighted by atomic mass is 35.5. The van der Waals surface area contributed by atoms with Gasteiger partial charge in [0.2, 0.25) is 5.28 Å². The van der Waals surface area contributed by atoms with E-state index in [1.165, 1.54) is 0 Å². The van der Waals surface area contributed by atoms with Crippen molar-refractivity contribution in [1.82, 2.24) is 14.9 Å². The number of anilines is 1. The first kappa shape index (κ1) is 11.2. The van der Waals surface area contributed by atoms with Gasteiger partial charge < -0.3 is 10.2 Å². The topological polar surface area (TPSA) is 41.1 Å². The van der Waals surface area contributed by atoms with Gasteiger partial charge in [-0.25, -0.2) is 9.97 Å². The average Bonchev–Trinajstić information content (AvgIpc) is 2.10. The molecule has 0 saturated heterocycles. The first-order chi connectivity index (χ1) is 6.59. The van der Waals surface area contributed by atoms with Crippen LogP contribution in [0, 0.1) is 6.92 Å². The predicted octanol–water partition coefficient (Wildman–Crippen LogP) is 1.41. The summed E-state index contributed by atoms with van der Waals surface area (Å²) in [6, 6.07) is 0. The van der Waals surface area contributed by atoms with E-state index in [9.17, 15) is 0 Å². The average molecular weight is 215 g/mol. The number of hydrogen-bond acceptors (Lipinski definition) is 4. The first-order valence-electron chi connectivity index (χ1n) is 4.47. The van der Waals surface area contributed by atoms with Crippen molar-refractivity contribution < 1.29 is 0 Å². The Labute approximate surface area is 89.3 Å². The highest BCUT2D eigenvalue weighted by molar-refractivity contribution is 6.28. The summed E-state index contributed by atoms with van der Waals surface area (Å²) in [5.74, 6) is 0.812. The van der Waals surface area contributed by atoms with Crippen LogP contribution >= 0.6 is 11.6 Å². The van der Waals surface area contributed by atoms with E-state index >= 15 is 0 Å². The van der Waals surface area contributed by atoms with Gasteiger partial charge in [0.25, 0.3) is 0 Å². The Morgan fingerprint density at radius 1 is 1.50 bits per heavy atom. The first-order valence-corrected chi connectivity index (χ1v) is 4.85. The van der Waals surface area contributed by atoms with E-state index in [4.69, 9.17) is 11.6 Å². The van der Waals surface area contributed by atoms with Crippen molar-refractivity contribution in [3.8, 4) is 0 Å². The number of aryl methyl sites for hydroxylation is 1. The fraction of sp³-hybridized carbons (Fsp3) is 0.556. The highest BCUT2D eigenvalue weighted by Gasteiger charge is 2.01. The molecule has 1 aromatic heterocycles. The number of hydrogen-bond donors (Lipinski definition) is 1. The summed E-state index contributed by atoms with van der Waals surface area (Å²) in [4.78, 5) is 10.1. The summed E-state index contributed by atoms with van der Waals surface area (Å²) in [5.41, 5.74) is 1.01. The van der Waals surface area contributed by atoms with Gasteiger partial charge in [-0.15, -0.1) is 0 Å². The second kappa shape index (κ2) is 5.12. The van der Waals surface area contributed by atoms with Gasteiger partial charge in [0.1, 0.15) is 5.82 Å². The molecular weight excluding hydrogens is 200 g/mol. The zero-order valence-corrected chi connectivity index (χ0v) is 9.47. The lowest BCUT2D eigenvalue weighted by Crippen LogP contribution is -2.21. The summed E-state index contributed by atoms with van der Waals surface area (Å²) >= 11 is 5.69. The maximum atomic E-state index is 5.69. The van der Waals surface area contributed by atoms with E-state index in [0.29, 0.717) is 0 Å². The van der Waals surface area contributed by atoms with E-state index in [1.807, 2.05) is 21.0 Å². The molecule has 0 unspecified atom stereocenters. The zero-order chi connectivity index (χ0) is 10.6. The van der Waals surface area contributed by atoms with Crippen LogP contribution in [-0.2, 0) is 0 Å². The van der Waals surface area contributed by atoms with Crippen molar-refractivity contribution >= 4 is 17.4 Å². The Bertz CT molecular complexity index is 301. The summed E-state index contributed by atoms with van der Waals surface area (Å²) in [6.45, 7) is 3.76. The molecule has 0 bridgehead atoms. The van der Waals surface area contributed by atoms with E-state index in [1.54, 1.807) is 6.20 Å². The van der Waals surface area contributed by atoms with Crippen LogP contribution in [0.5, 0.6) is 0 Å². The molecule has 1 heterocycles. The third-order valence-electron chi connectivity index (χ3n) is 1.79. The predicted molar refractivity (Wildman–Crippen MR) is 58.8 cm³/mol. The van der Waals surface area contributed by atoms with Crippen LogP contribution in [0.15, 0.2) is 6.20 Å². The molecule has 1 rings (SSSR count). The molecule has 1 N–H and O–H groups in total. The number of nitrogens with zero attached hydrogens (tertiary/aromatic N) is 3. The maximum Gasteiger partial charge on any atom is 0.224 e. The number of rotatable bonds is 4. The molecule has 0 aliphatic heterocycles. The molecule has 14 heavy (non-hydrogen) atoms. The number of likely N-dealkylation sites (N-methyl/N-ethyl adjacent to an activating group) is 1.